The summed E-state index contributed by atoms with van der Waals surface area (Å²) < 4.78 is 12.1. The SMILES string of the molecule is CSc1nc(CN2CCC(CCc3noc4c(CN(C)C)c(OCC5CC5)ccc34)CC2)ccc1C#N.Cl.Cl. The van der Waals surface area contributed by atoms with Gasteiger partial charge in [0.2, 0.25) is 0 Å². The highest BCUT2D eigenvalue weighted by Crippen LogP contribution is 2.35. The summed E-state index contributed by atoms with van der Waals surface area (Å²) in [6.07, 6.45) is 8.98. The van der Waals surface area contributed by atoms with Crippen molar-refractivity contribution in [3.8, 4) is 11.8 Å². The molecule has 2 aromatic heterocycles. The van der Waals surface area contributed by atoms with E-state index < -0.39 is 0 Å². The normalized spacial score (nSPS) is 16.1. The number of hydrogen-bond donors (Lipinski definition) is 0. The fraction of sp³-hybridized carbons (Fsp3) is 0.552. The number of thioether (sulfide) groups is 1. The quantitative estimate of drug-likeness (QED) is 0.238. The molecule has 39 heavy (non-hydrogen) atoms. The molecule has 7 nitrogen and oxygen atoms in total. The third kappa shape index (κ3) is 8.02. The Bertz CT molecular complexity index is 1270. The minimum atomic E-state index is 0. The summed E-state index contributed by atoms with van der Waals surface area (Å²) in [6, 6.07) is 10.4. The molecular formula is C29H39Cl2N5O2S. The van der Waals surface area contributed by atoms with E-state index >= 15 is 0 Å². The summed E-state index contributed by atoms with van der Waals surface area (Å²) in [4.78, 5) is 9.34. The van der Waals surface area contributed by atoms with Crippen LogP contribution in [0.15, 0.2) is 33.8 Å². The first-order valence-corrected chi connectivity index (χ1v) is 14.6. The molecule has 3 heterocycles. The van der Waals surface area contributed by atoms with E-state index in [2.05, 4.69) is 47.3 Å². The zero-order chi connectivity index (χ0) is 25.8. The zero-order valence-electron chi connectivity index (χ0n) is 23.0. The van der Waals surface area contributed by atoms with Crippen LogP contribution in [0.2, 0.25) is 0 Å². The van der Waals surface area contributed by atoms with E-state index in [-0.39, 0.29) is 24.8 Å². The number of benzene rings is 1. The number of hydrogen-bond acceptors (Lipinski definition) is 8. The van der Waals surface area contributed by atoms with Crippen LogP contribution >= 0.6 is 36.6 Å². The fourth-order valence-corrected chi connectivity index (χ4v) is 5.72. The summed E-state index contributed by atoms with van der Waals surface area (Å²) >= 11 is 1.54. The van der Waals surface area contributed by atoms with Gasteiger partial charge in [0, 0.05) is 18.5 Å². The minimum Gasteiger partial charge on any atom is -0.493 e. The maximum atomic E-state index is 9.24. The summed E-state index contributed by atoms with van der Waals surface area (Å²) in [5, 5.41) is 15.7. The number of pyridine rings is 1. The average Bonchev–Trinajstić information content (AvgIpc) is 3.65. The Morgan fingerprint density at radius 3 is 2.54 bits per heavy atom. The van der Waals surface area contributed by atoms with Crippen molar-refractivity contribution in [1.29, 1.82) is 5.26 Å². The number of piperidine rings is 1. The van der Waals surface area contributed by atoms with Gasteiger partial charge in [-0.15, -0.1) is 36.6 Å². The third-order valence-electron chi connectivity index (χ3n) is 7.54. The van der Waals surface area contributed by atoms with Crippen molar-refractivity contribution in [1.82, 2.24) is 19.9 Å². The predicted molar refractivity (Wildman–Crippen MR) is 161 cm³/mol. The molecule has 2 fully saturated rings. The van der Waals surface area contributed by atoms with Gasteiger partial charge in [-0.25, -0.2) is 4.98 Å². The van der Waals surface area contributed by atoms with Crippen LogP contribution < -0.4 is 4.74 Å². The highest BCUT2D eigenvalue weighted by atomic mass is 35.5. The van der Waals surface area contributed by atoms with Gasteiger partial charge in [0.15, 0.2) is 5.58 Å². The van der Waals surface area contributed by atoms with Crippen LogP contribution in [0, 0.1) is 23.2 Å². The van der Waals surface area contributed by atoms with Gasteiger partial charge in [0.1, 0.15) is 16.8 Å². The number of rotatable bonds is 11. The van der Waals surface area contributed by atoms with Crippen molar-refractivity contribution < 1.29 is 9.26 Å². The monoisotopic (exact) mass is 591 g/mol. The van der Waals surface area contributed by atoms with E-state index in [9.17, 15) is 5.26 Å². The molecule has 0 unspecified atom stereocenters. The molecule has 1 aliphatic carbocycles. The van der Waals surface area contributed by atoms with E-state index in [0.717, 1.165) is 84.3 Å². The molecular weight excluding hydrogens is 553 g/mol. The van der Waals surface area contributed by atoms with Crippen LogP contribution in [0.3, 0.4) is 0 Å². The lowest BCUT2D eigenvalue weighted by Gasteiger charge is -2.31. The molecule has 3 aromatic rings. The number of aryl methyl sites for hydroxylation is 1. The van der Waals surface area contributed by atoms with Crippen LogP contribution in [-0.4, -0.2) is 60.0 Å². The molecule has 1 saturated heterocycles. The number of fused-ring (bicyclic) bond motifs is 1. The Kier molecular flexibility index (Phi) is 11.8. The molecule has 2 aliphatic rings. The van der Waals surface area contributed by atoms with E-state index in [1.54, 1.807) is 0 Å². The van der Waals surface area contributed by atoms with Crippen LogP contribution in [0.25, 0.3) is 11.0 Å². The molecule has 0 spiro atoms. The van der Waals surface area contributed by atoms with Crippen LogP contribution in [0.1, 0.15) is 54.6 Å². The number of nitriles is 1. The van der Waals surface area contributed by atoms with Gasteiger partial charge < -0.3 is 14.2 Å². The Morgan fingerprint density at radius 2 is 1.87 bits per heavy atom. The van der Waals surface area contributed by atoms with Gasteiger partial charge in [-0.2, -0.15) is 5.26 Å². The van der Waals surface area contributed by atoms with Crippen molar-refractivity contribution in [2.75, 3.05) is 40.0 Å². The van der Waals surface area contributed by atoms with E-state index in [4.69, 9.17) is 14.2 Å². The van der Waals surface area contributed by atoms with Gasteiger partial charge >= 0.3 is 0 Å². The molecule has 1 aliphatic heterocycles. The lowest BCUT2D eigenvalue weighted by Crippen LogP contribution is -2.33. The van der Waals surface area contributed by atoms with Gasteiger partial charge in [0.25, 0.3) is 0 Å². The first kappa shape index (κ1) is 31.5. The van der Waals surface area contributed by atoms with Crippen molar-refractivity contribution in [2.45, 2.75) is 56.6 Å². The molecule has 5 rings (SSSR count). The highest BCUT2D eigenvalue weighted by Gasteiger charge is 2.25. The minimum absolute atomic E-state index is 0. The summed E-state index contributed by atoms with van der Waals surface area (Å²) in [5.41, 5.74) is 4.76. The number of nitrogens with zero attached hydrogens (tertiary/aromatic N) is 5. The summed E-state index contributed by atoms with van der Waals surface area (Å²) in [5.74, 6) is 2.35. The second-order valence-electron chi connectivity index (χ2n) is 10.8. The molecule has 1 aromatic carbocycles. The predicted octanol–water partition coefficient (Wildman–Crippen LogP) is 6.36. The largest absolute Gasteiger partial charge is 0.493 e. The molecule has 0 N–H and O–H groups in total. The summed E-state index contributed by atoms with van der Waals surface area (Å²) in [6.45, 7) is 4.58. The van der Waals surface area contributed by atoms with Crippen LogP contribution in [-0.2, 0) is 19.5 Å². The van der Waals surface area contributed by atoms with Crippen molar-refractivity contribution in [3.05, 3.63) is 46.8 Å². The maximum absolute atomic E-state index is 9.24. The first-order chi connectivity index (χ1) is 18.0. The number of ether oxygens (including phenoxy) is 1. The molecule has 0 bridgehead atoms. The average molecular weight is 593 g/mol. The molecule has 0 atom stereocenters. The standard InChI is InChI=1S/C29H37N5O2S.2ClH/c1-33(2)18-25-27(35-19-21-4-5-21)11-9-24-26(32-36-28(24)25)10-6-20-12-14-34(15-13-20)17-23-8-7-22(16-30)29(31-23)37-3;;/h7-9,11,20-21H,4-6,10,12-15,17-19H2,1-3H3;2*1H. The highest BCUT2D eigenvalue weighted by molar-refractivity contribution is 7.98. The fourth-order valence-electron chi connectivity index (χ4n) is 5.18. The lowest BCUT2D eigenvalue weighted by atomic mass is 9.91. The van der Waals surface area contributed by atoms with Gasteiger partial charge in [0.05, 0.1) is 29.1 Å². The van der Waals surface area contributed by atoms with Gasteiger partial charge in [-0.3, -0.25) is 4.90 Å². The zero-order valence-corrected chi connectivity index (χ0v) is 25.5. The maximum Gasteiger partial charge on any atom is 0.175 e. The number of likely N-dealkylation sites (tertiary alicyclic amines) is 1. The molecule has 0 radical (unpaired) electrons. The molecule has 0 amide bonds. The number of aromatic nitrogens is 2. The Balaban J connectivity index is 0.00000210. The van der Waals surface area contributed by atoms with Crippen LogP contribution in [0.4, 0.5) is 0 Å². The van der Waals surface area contributed by atoms with Crippen LogP contribution in [0.5, 0.6) is 5.75 Å². The molecule has 1 saturated carbocycles. The topological polar surface area (TPSA) is 78.4 Å². The smallest absolute Gasteiger partial charge is 0.175 e. The Hall–Kier alpha value is -2.02. The Labute approximate surface area is 248 Å². The third-order valence-corrected chi connectivity index (χ3v) is 8.23. The van der Waals surface area contributed by atoms with E-state index in [1.807, 2.05) is 18.4 Å². The summed E-state index contributed by atoms with van der Waals surface area (Å²) in [7, 11) is 4.15. The van der Waals surface area contributed by atoms with Crippen molar-refractivity contribution >= 4 is 47.5 Å². The first-order valence-electron chi connectivity index (χ1n) is 13.4. The Morgan fingerprint density at radius 1 is 1.10 bits per heavy atom. The second-order valence-corrected chi connectivity index (χ2v) is 11.6. The number of halogens is 2. The lowest BCUT2D eigenvalue weighted by molar-refractivity contribution is 0.170. The van der Waals surface area contributed by atoms with E-state index in [1.165, 1.54) is 37.4 Å². The van der Waals surface area contributed by atoms with Crippen molar-refractivity contribution in [3.63, 3.8) is 0 Å². The van der Waals surface area contributed by atoms with E-state index in [0.29, 0.717) is 17.4 Å². The van der Waals surface area contributed by atoms with Gasteiger partial charge in [-0.1, -0.05) is 5.16 Å². The van der Waals surface area contributed by atoms with Crippen molar-refractivity contribution in [2.24, 2.45) is 11.8 Å². The van der Waals surface area contributed by atoms with Gasteiger partial charge in [-0.05, 0) is 108 Å². The second kappa shape index (κ2) is 14.6. The molecule has 212 valence electrons. The molecule has 10 heteroatoms.